The molecule has 2 atom stereocenters. The van der Waals surface area contributed by atoms with Crippen molar-refractivity contribution in [1.82, 2.24) is 14.9 Å². The molecule has 1 aliphatic carbocycles. The van der Waals surface area contributed by atoms with Gasteiger partial charge >= 0.3 is 0 Å². The van der Waals surface area contributed by atoms with Crippen molar-refractivity contribution >= 4 is 5.91 Å². The zero-order valence-electron chi connectivity index (χ0n) is 18.0. The summed E-state index contributed by atoms with van der Waals surface area (Å²) in [5, 5.41) is 0. The molecule has 1 saturated carbocycles. The number of halogens is 2. The Balaban J connectivity index is 1.38. The topological polar surface area (TPSA) is 49.0 Å². The fraction of sp³-hybridized carbons (Fsp3) is 0.500. The number of rotatable bonds is 4. The van der Waals surface area contributed by atoms with Gasteiger partial charge in [-0.05, 0) is 56.2 Å². The maximum atomic E-state index is 13.5. The molecule has 0 radical (unpaired) electrons. The van der Waals surface area contributed by atoms with Crippen LogP contribution in [0.3, 0.4) is 0 Å². The summed E-state index contributed by atoms with van der Waals surface area (Å²) in [6, 6.07) is 3.84. The Labute approximate surface area is 176 Å². The van der Waals surface area contributed by atoms with Crippen LogP contribution in [0.1, 0.15) is 52.3 Å². The first-order valence-corrected chi connectivity index (χ1v) is 10.6. The average Bonchev–Trinajstić information content (AvgIpc) is 3.06. The third-order valence-electron chi connectivity index (χ3n) is 6.71. The second-order valence-electron chi connectivity index (χ2n) is 9.48. The van der Waals surface area contributed by atoms with Crippen molar-refractivity contribution in [3.05, 3.63) is 53.5 Å². The van der Waals surface area contributed by atoms with Gasteiger partial charge in [-0.1, -0.05) is 25.5 Å². The lowest BCUT2D eigenvalue weighted by Gasteiger charge is -2.31. The lowest BCUT2D eigenvalue weighted by molar-refractivity contribution is -0.134. The Kier molecular flexibility index (Phi) is 5.28. The summed E-state index contributed by atoms with van der Waals surface area (Å²) in [5.41, 5.74) is 2.54. The first kappa shape index (κ1) is 20.8. The van der Waals surface area contributed by atoms with Gasteiger partial charge in [0.05, 0.1) is 17.8 Å². The van der Waals surface area contributed by atoms with E-state index >= 15 is 0 Å². The minimum absolute atomic E-state index is 0.0333. The van der Waals surface area contributed by atoms with Gasteiger partial charge < -0.3 is 9.88 Å². The average molecular weight is 414 g/mol. The van der Waals surface area contributed by atoms with Gasteiger partial charge in [0.15, 0.2) is 11.6 Å². The largest absolute Gasteiger partial charge is 0.342 e. The first-order chi connectivity index (χ1) is 14.2. The van der Waals surface area contributed by atoms with E-state index in [9.17, 15) is 13.6 Å². The number of carbonyl (C=O) groups is 1. The SMILES string of the molecule is CC(C)=C[C@@H]1[C@H](C(=O)N2CCC(c3ncc(-c4ccc(F)c(F)c4)[nH]3)CC2)C1(C)C. The summed E-state index contributed by atoms with van der Waals surface area (Å²) in [7, 11) is 0. The Morgan fingerprint density at radius 2 is 1.90 bits per heavy atom. The third kappa shape index (κ3) is 3.80. The molecule has 160 valence electrons. The number of likely N-dealkylation sites (tertiary alicyclic amines) is 1. The molecule has 4 nitrogen and oxygen atoms in total. The summed E-state index contributed by atoms with van der Waals surface area (Å²) in [6.07, 6.45) is 5.59. The van der Waals surface area contributed by atoms with Crippen molar-refractivity contribution in [2.45, 2.75) is 46.5 Å². The molecule has 1 amide bonds. The van der Waals surface area contributed by atoms with Crippen molar-refractivity contribution in [3.63, 3.8) is 0 Å². The normalized spacial score (nSPS) is 23.3. The second kappa shape index (κ2) is 7.64. The van der Waals surface area contributed by atoms with E-state index in [1.165, 1.54) is 17.7 Å². The number of nitrogens with one attached hydrogen (secondary N) is 1. The summed E-state index contributed by atoms with van der Waals surface area (Å²) >= 11 is 0. The molecule has 2 fully saturated rings. The summed E-state index contributed by atoms with van der Waals surface area (Å²) < 4.78 is 26.7. The van der Waals surface area contributed by atoms with Crippen LogP contribution in [-0.2, 0) is 4.79 Å². The van der Waals surface area contributed by atoms with Crippen LogP contribution in [0, 0.1) is 28.9 Å². The first-order valence-electron chi connectivity index (χ1n) is 10.6. The number of hydrogen-bond donors (Lipinski definition) is 1. The standard InChI is InChI=1S/C24H29F2N3O/c1-14(2)11-17-21(24(17,3)4)23(30)29-9-7-15(8-10-29)22-27-13-20(28-22)16-5-6-18(25)19(26)12-16/h5-6,11-13,15,17,21H,7-10H2,1-4H3,(H,27,28)/t17-,21-/m1/s1. The van der Waals surface area contributed by atoms with Gasteiger partial charge in [-0.3, -0.25) is 4.79 Å². The molecule has 1 saturated heterocycles. The highest BCUT2D eigenvalue weighted by Crippen LogP contribution is 2.60. The van der Waals surface area contributed by atoms with Gasteiger partial charge in [-0.2, -0.15) is 0 Å². The molecule has 2 aliphatic rings. The van der Waals surface area contributed by atoms with Crippen LogP contribution in [0.25, 0.3) is 11.3 Å². The summed E-state index contributed by atoms with van der Waals surface area (Å²) in [6.45, 7) is 9.96. The Morgan fingerprint density at radius 3 is 2.53 bits per heavy atom. The van der Waals surface area contributed by atoms with Crippen LogP contribution in [0.5, 0.6) is 0 Å². The van der Waals surface area contributed by atoms with Gasteiger partial charge in [-0.15, -0.1) is 0 Å². The Bertz CT molecular complexity index is 982. The monoisotopic (exact) mass is 413 g/mol. The van der Waals surface area contributed by atoms with Crippen LogP contribution in [-0.4, -0.2) is 33.9 Å². The molecule has 6 heteroatoms. The van der Waals surface area contributed by atoms with Crippen molar-refractivity contribution in [2.24, 2.45) is 17.3 Å². The predicted octanol–water partition coefficient (Wildman–Crippen LogP) is 5.30. The van der Waals surface area contributed by atoms with Crippen molar-refractivity contribution < 1.29 is 13.6 Å². The molecular weight excluding hydrogens is 384 g/mol. The third-order valence-corrected chi connectivity index (χ3v) is 6.71. The summed E-state index contributed by atoms with van der Waals surface area (Å²) in [5.74, 6) is 0.0165. The maximum Gasteiger partial charge on any atom is 0.226 e. The predicted molar refractivity (Wildman–Crippen MR) is 113 cm³/mol. The second-order valence-corrected chi connectivity index (χ2v) is 9.48. The van der Waals surface area contributed by atoms with E-state index in [0.717, 1.165) is 37.8 Å². The van der Waals surface area contributed by atoms with Crippen molar-refractivity contribution in [3.8, 4) is 11.3 Å². The molecular formula is C24H29F2N3O. The molecule has 4 rings (SSSR count). The van der Waals surface area contributed by atoms with E-state index in [2.05, 4.69) is 43.7 Å². The minimum Gasteiger partial charge on any atom is -0.342 e. The molecule has 30 heavy (non-hydrogen) atoms. The molecule has 1 aromatic heterocycles. The number of amides is 1. The number of aromatic nitrogens is 2. The number of allylic oxidation sites excluding steroid dienone is 2. The molecule has 1 aromatic carbocycles. The quantitative estimate of drug-likeness (QED) is 0.692. The lowest BCUT2D eigenvalue weighted by Crippen LogP contribution is -2.39. The van der Waals surface area contributed by atoms with E-state index in [1.807, 2.05) is 4.90 Å². The number of nitrogens with zero attached hydrogens (tertiary/aromatic N) is 2. The molecule has 0 unspecified atom stereocenters. The number of benzene rings is 1. The molecule has 0 spiro atoms. The smallest absolute Gasteiger partial charge is 0.226 e. The van der Waals surface area contributed by atoms with Crippen LogP contribution >= 0.6 is 0 Å². The Hall–Kier alpha value is -2.50. The number of carbonyl (C=O) groups excluding carboxylic acids is 1. The van der Waals surface area contributed by atoms with Crippen LogP contribution in [0.2, 0.25) is 0 Å². The van der Waals surface area contributed by atoms with E-state index in [-0.39, 0.29) is 23.2 Å². The highest BCUT2D eigenvalue weighted by atomic mass is 19.2. The van der Waals surface area contributed by atoms with E-state index < -0.39 is 11.6 Å². The van der Waals surface area contributed by atoms with Crippen LogP contribution in [0.4, 0.5) is 8.78 Å². The highest BCUT2D eigenvalue weighted by Gasteiger charge is 2.61. The van der Waals surface area contributed by atoms with E-state index in [0.29, 0.717) is 17.2 Å². The van der Waals surface area contributed by atoms with Gasteiger partial charge in [0.25, 0.3) is 0 Å². The van der Waals surface area contributed by atoms with E-state index in [1.54, 1.807) is 6.20 Å². The lowest BCUT2D eigenvalue weighted by atomic mass is 9.95. The van der Waals surface area contributed by atoms with Crippen molar-refractivity contribution in [1.29, 1.82) is 0 Å². The number of imidazole rings is 1. The number of aromatic amines is 1. The number of piperidine rings is 1. The number of hydrogen-bond acceptors (Lipinski definition) is 2. The highest BCUT2D eigenvalue weighted by molar-refractivity contribution is 5.84. The van der Waals surface area contributed by atoms with Gasteiger partial charge in [-0.25, -0.2) is 13.8 Å². The van der Waals surface area contributed by atoms with Crippen LogP contribution < -0.4 is 0 Å². The maximum absolute atomic E-state index is 13.5. The fourth-order valence-corrected chi connectivity index (χ4v) is 4.74. The zero-order chi connectivity index (χ0) is 21.6. The number of H-pyrrole nitrogens is 1. The molecule has 0 bridgehead atoms. The zero-order valence-corrected chi connectivity index (χ0v) is 18.0. The van der Waals surface area contributed by atoms with Gasteiger partial charge in [0, 0.05) is 24.6 Å². The summed E-state index contributed by atoms with van der Waals surface area (Å²) in [4.78, 5) is 22.8. The Morgan fingerprint density at radius 1 is 1.20 bits per heavy atom. The van der Waals surface area contributed by atoms with Gasteiger partial charge in [0.1, 0.15) is 5.82 Å². The molecule has 2 heterocycles. The van der Waals surface area contributed by atoms with Crippen LogP contribution in [0.15, 0.2) is 36.0 Å². The minimum atomic E-state index is -0.870. The van der Waals surface area contributed by atoms with Crippen molar-refractivity contribution in [2.75, 3.05) is 13.1 Å². The van der Waals surface area contributed by atoms with E-state index in [4.69, 9.17) is 0 Å². The van der Waals surface area contributed by atoms with Gasteiger partial charge in [0.2, 0.25) is 5.91 Å². The molecule has 2 aromatic rings. The fourth-order valence-electron chi connectivity index (χ4n) is 4.74. The molecule has 1 N–H and O–H groups in total. The molecule has 1 aliphatic heterocycles.